The summed E-state index contributed by atoms with van der Waals surface area (Å²) in [5.41, 5.74) is 2.08. The lowest BCUT2D eigenvalue weighted by molar-refractivity contribution is -0.681. The van der Waals surface area contributed by atoms with Crippen LogP contribution in [-0.4, -0.2) is 99.0 Å². The minimum Gasteiger partial charge on any atom is -0.726 e. The zero-order valence-corrected chi connectivity index (χ0v) is 34.5. The first-order valence-corrected chi connectivity index (χ1v) is 20.2. The fraction of sp³-hybridized carbons (Fsp3) is 0.395. The molecule has 0 radical (unpaired) electrons. The van der Waals surface area contributed by atoms with E-state index >= 15 is 0 Å². The second-order valence-electron chi connectivity index (χ2n) is 14.4. The van der Waals surface area contributed by atoms with Gasteiger partial charge in [-0.3, -0.25) is 13.8 Å². The number of nitrogens with zero attached hydrogens (tertiary/aromatic N) is 3. The van der Waals surface area contributed by atoms with Gasteiger partial charge in [-0.1, -0.05) is 91.0 Å². The molecule has 2 bridgehead atoms. The average molecular weight is 820 g/mol. The van der Waals surface area contributed by atoms with Crippen molar-refractivity contribution in [3.63, 3.8) is 0 Å². The number of hydrogen-bond donors (Lipinski definition) is 1. The molecule has 3 heterocycles. The third-order valence-corrected chi connectivity index (χ3v) is 10.9. The van der Waals surface area contributed by atoms with E-state index in [1.807, 2.05) is 111 Å². The van der Waals surface area contributed by atoms with Gasteiger partial charge >= 0.3 is 18.0 Å². The number of ether oxygens (including phenoxy) is 3. The van der Waals surface area contributed by atoms with Gasteiger partial charge in [-0.25, -0.2) is 13.2 Å². The van der Waals surface area contributed by atoms with Crippen molar-refractivity contribution in [3.05, 3.63) is 132 Å². The molecule has 2 aliphatic rings. The van der Waals surface area contributed by atoms with Crippen molar-refractivity contribution in [1.82, 2.24) is 9.80 Å². The zero-order chi connectivity index (χ0) is 42.5. The summed E-state index contributed by atoms with van der Waals surface area (Å²) in [6.45, 7) is 1.61. The van der Waals surface area contributed by atoms with E-state index in [4.69, 9.17) is 14.2 Å². The van der Waals surface area contributed by atoms with Gasteiger partial charge in [0, 0.05) is 32.2 Å². The molecule has 1 aromatic heterocycles. The average Bonchev–Trinajstić information content (AvgIpc) is 3.40. The Balaban J connectivity index is 0.000000237. The highest BCUT2D eigenvalue weighted by molar-refractivity contribution is 7.80. The molecule has 0 aliphatic carbocycles. The van der Waals surface area contributed by atoms with Crippen LogP contribution >= 0.6 is 0 Å². The standard InChI is InChI=1S/C25H27N2O4.C17H23NO3.CH4O4S/c1-25(19-12-7-5-8-13-19,20-14-9-6-10-15-20)23(28)30-18-21-22(16-11-17-27(21)4)31-24(29)26(2)3;1-18-13-7-8-14(18)10-15(9-13)21-17(20)16(11-19)12-5-3-2-4-6-12;1-5-6(2,3)4/h5-17H,18H2,1-4H3;2-6,13-16,19H,7-11H2,1H3;1H3,(H,2,3,4)/q+1;;/p-1/t;13-,14+,15?,16?;. The molecule has 2 aliphatic heterocycles. The van der Waals surface area contributed by atoms with Gasteiger partial charge in [0.25, 0.3) is 5.69 Å². The van der Waals surface area contributed by atoms with Gasteiger partial charge in [0.2, 0.25) is 16.1 Å². The Morgan fingerprint density at radius 3 is 1.86 bits per heavy atom. The summed E-state index contributed by atoms with van der Waals surface area (Å²) in [5.74, 6) is -0.905. The molecule has 3 aromatic carbocycles. The maximum Gasteiger partial charge on any atom is 0.414 e. The number of esters is 2. The van der Waals surface area contributed by atoms with Crippen LogP contribution in [0.1, 0.15) is 60.9 Å². The molecule has 0 spiro atoms. The number of rotatable bonds is 11. The number of hydrogen-bond acceptors (Lipinski definition) is 12. The van der Waals surface area contributed by atoms with Crippen LogP contribution in [0.5, 0.6) is 5.75 Å². The maximum absolute atomic E-state index is 13.4. The third-order valence-electron chi connectivity index (χ3n) is 10.5. The second-order valence-corrected chi connectivity index (χ2v) is 15.6. The molecule has 2 fully saturated rings. The number of pyridine rings is 1. The zero-order valence-electron chi connectivity index (χ0n) is 33.7. The van der Waals surface area contributed by atoms with Crippen LogP contribution in [0, 0.1) is 0 Å². The molecule has 58 heavy (non-hydrogen) atoms. The first-order valence-electron chi connectivity index (χ1n) is 18.8. The van der Waals surface area contributed by atoms with Crippen LogP contribution in [0.3, 0.4) is 0 Å². The Labute approximate surface area is 340 Å². The predicted octanol–water partition coefficient (Wildman–Crippen LogP) is 4.64. The maximum atomic E-state index is 13.4. The van der Waals surface area contributed by atoms with Gasteiger partial charge in [-0.05, 0) is 62.4 Å². The normalized spacial score (nSPS) is 18.0. The van der Waals surface area contributed by atoms with Gasteiger partial charge in [-0.2, -0.15) is 4.57 Å². The number of piperidine rings is 1. The number of carbonyl (C=O) groups is 3. The number of aromatic nitrogens is 1. The molecule has 14 nitrogen and oxygen atoms in total. The number of benzene rings is 3. The van der Waals surface area contributed by atoms with Crippen molar-refractivity contribution in [2.24, 2.45) is 7.05 Å². The third kappa shape index (κ3) is 12.2. The number of aliphatic hydroxyl groups is 1. The number of aliphatic hydroxyl groups excluding tert-OH is 1. The van der Waals surface area contributed by atoms with Crippen molar-refractivity contribution < 1.29 is 55.4 Å². The van der Waals surface area contributed by atoms with Crippen molar-refractivity contribution >= 4 is 28.4 Å². The summed E-state index contributed by atoms with van der Waals surface area (Å²) in [7, 11) is 3.59. The largest absolute Gasteiger partial charge is 0.726 e. The summed E-state index contributed by atoms with van der Waals surface area (Å²) in [6, 6.07) is 33.0. The summed E-state index contributed by atoms with van der Waals surface area (Å²) in [4.78, 5) is 41.6. The van der Waals surface area contributed by atoms with E-state index in [1.165, 1.54) is 17.7 Å². The Kier molecular flexibility index (Phi) is 16.5. The Bertz CT molecular complexity index is 2000. The summed E-state index contributed by atoms with van der Waals surface area (Å²) in [6.07, 6.45) is 5.57. The van der Waals surface area contributed by atoms with Crippen LogP contribution in [0.2, 0.25) is 0 Å². The minimum atomic E-state index is -4.41. The van der Waals surface area contributed by atoms with Crippen LogP contribution < -0.4 is 9.30 Å². The van der Waals surface area contributed by atoms with E-state index in [1.54, 1.807) is 30.8 Å². The van der Waals surface area contributed by atoms with Crippen LogP contribution in [-0.2, 0) is 52.7 Å². The van der Waals surface area contributed by atoms with Gasteiger partial charge in [0.15, 0.2) is 12.8 Å². The van der Waals surface area contributed by atoms with Gasteiger partial charge in [0.05, 0.1) is 13.7 Å². The first kappa shape index (κ1) is 45.5. The lowest BCUT2D eigenvalue weighted by Gasteiger charge is -2.36. The van der Waals surface area contributed by atoms with E-state index in [2.05, 4.69) is 16.1 Å². The second kappa shape index (κ2) is 21.0. The molecule has 312 valence electrons. The molecular formula is C43H53N3O11S. The molecule has 2 saturated heterocycles. The molecule has 1 amide bonds. The Hall–Kier alpha value is -5.19. The smallest absolute Gasteiger partial charge is 0.414 e. The molecule has 15 heteroatoms. The summed E-state index contributed by atoms with van der Waals surface area (Å²) >= 11 is 0. The minimum absolute atomic E-state index is 0.00367. The van der Waals surface area contributed by atoms with E-state index in [-0.39, 0.29) is 25.3 Å². The SMILES string of the molecule is CN(C)C(=O)Oc1ccc[n+](C)c1COC(=O)C(C)(c1ccccc1)c1ccccc1.CN1[C@@H]2CC[C@H]1CC(OC(=O)C(CO)c1ccccc1)C2.COS(=O)(=O)[O-]. The van der Waals surface area contributed by atoms with Gasteiger partial charge in [0.1, 0.15) is 24.5 Å². The lowest BCUT2D eigenvalue weighted by atomic mass is 9.76. The van der Waals surface area contributed by atoms with E-state index in [9.17, 15) is 32.5 Å². The van der Waals surface area contributed by atoms with Crippen molar-refractivity contribution in [1.29, 1.82) is 0 Å². The van der Waals surface area contributed by atoms with E-state index in [0.717, 1.165) is 36.6 Å². The first-order chi connectivity index (χ1) is 27.6. The number of fused-ring (bicyclic) bond motifs is 2. The molecule has 4 aromatic rings. The summed E-state index contributed by atoms with van der Waals surface area (Å²) < 4.78 is 49.7. The molecule has 1 N–H and O–H groups in total. The summed E-state index contributed by atoms with van der Waals surface area (Å²) in [5, 5.41) is 9.53. The highest BCUT2D eigenvalue weighted by atomic mass is 32.3. The predicted molar refractivity (Wildman–Crippen MR) is 213 cm³/mol. The van der Waals surface area contributed by atoms with Crippen LogP contribution in [0.15, 0.2) is 109 Å². The van der Waals surface area contributed by atoms with Gasteiger partial charge in [-0.15, -0.1) is 0 Å². The highest BCUT2D eigenvalue weighted by Crippen LogP contribution is 2.36. The Morgan fingerprint density at radius 1 is 0.897 bits per heavy atom. The van der Waals surface area contributed by atoms with Gasteiger partial charge < -0.3 is 33.7 Å². The van der Waals surface area contributed by atoms with E-state index in [0.29, 0.717) is 23.5 Å². The lowest BCUT2D eigenvalue weighted by Crippen LogP contribution is -2.43. The topological polar surface area (TPSA) is 176 Å². The number of amides is 1. The van der Waals surface area contributed by atoms with Crippen LogP contribution in [0.25, 0.3) is 0 Å². The number of carbonyl (C=O) groups excluding carboxylic acids is 3. The van der Waals surface area contributed by atoms with Crippen molar-refractivity contribution in [2.45, 2.75) is 68.7 Å². The van der Waals surface area contributed by atoms with E-state index < -0.39 is 33.8 Å². The fourth-order valence-electron chi connectivity index (χ4n) is 7.00. The molecule has 4 atom stereocenters. The van der Waals surface area contributed by atoms with Crippen molar-refractivity contribution in [3.8, 4) is 5.75 Å². The molecule has 0 saturated carbocycles. The molecule has 6 rings (SSSR count). The quantitative estimate of drug-likeness (QED) is 0.0962. The highest BCUT2D eigenvalue weighted by Gasteiger charge is 2.41. The fourth-order valence-corrected chi connectivity index (χ4v) is 7.00. The number of aryl methyl sites for hydroxylation is 1. The Morgan fingerprint density at radius 2 is 1.40 bits per heavy atom. The van der Waals surface area contributed by atoms with Crippen LogP contribution in [0.4, 0.5) is 4.79 Å². The molecular weight excluding hydrogens is 767 g/mol. The van der Waals surface area contributed by atoms with Crippen molar-refractivity contribution in [2.75, 3.05) is 34.9 Å². The molecule has 2 unspecified atom stereocenters. The monoisotopic (exact) mass is 819 g/mol.